The standard InChI is InChI=1S/C22H22BN3O6/c27-20(10-12-26-21(28)8-9-22(26)29)25-24-15-17-14-18(6-7-19(17)23(30)31)32-13-11-16-4-2-1-3-5-16/h1-9,14-15,30-31H,10-13H2,(H,25,27)/b24-15+. The van der Waals surface area contributed by atoms with Gasteiger partial charge in [0.25, 0.3) is 11.8 Å². The molecule has 0 radical (unpaired) electrons. The maximum atomic E-state index is 11.9. The lowest BCUT2D eigenvalue weighted by atomic mass is 9.77. The predicted molar refractivity (Wildman–Crippen MR) is 118 cm³/mol. The van der Waals surface area contributed by atoms with E-state index in [9.17, 15) is 24.4 Å². The molecule has 1 aliphatic heterocycles. The number of hydrogen-bond acceptors (Lipinski definition) is 7. The number of imide groups is 1. The van der Waals surface area contributed by atoms with Gasteiger partial charge in [-0.1, -0.05) is 36.4 Å². The summed E-state index contributed by atoms with van der Waals surface area (Å²) in [5.41, 5.74) is 3.97. The molecule has 0 atom stereocenters. The van der Waals surface area contributed by atoms with E-state index in [0.717, 1.165) is 22.6 Å². The van der Waals surface area contributed by atoms with Crippen LogP contribution in [0.5, 0.6) is 5.75 Å². The Morgan fingerprint density at radius 2 is 1.81 bits per heavy atom. The number of hydrogen-bond donors (Lipinski definition) is 3. The van der Waals surface area contributed by atoms with Crippen molar-refractivity contribution in [3.8, 4) is 5.75 Å². The van der Waals surface area contributed by atoms with E-state index in [1.807, 2.05) is 30.3 Å². The van der Waals surface area contributed by atoms with E-state index in [0.29, 0.717) is 24.3 Å². The summed E-state index contributed by atoms with van der Waals surface area (Å²) in [6, 6.07) is 14.6. The zero-order chi connectivity index (χ0) is 22.9. The van der Waals surface area contributed by atoms with Crippen molar-refractivity contribution in [3.05, 3.63) is 71.8 Å². The third-order valence-electron chi connectivity index (χ3n) is 4.69. The molecule has 9 nitrogen and oxygen atoms in total. The van der Waals surface area contributed by atoms with Crippen molar-refractivity contribution in [1.29, 1.82) is 0 Å². The van der Waals surface area contributed by atoms with E-state index in [4.69, 9.17) is 4.74 Å². The fourth-order valence-electron chi connectivity index (χ4n) is 3.02. The summed E-state index contributed by atoms with van der Waals surface area (Å²) in [7, 11) is -1.73. The summed E-state index contributed by atoms with van der Waals surface area (Å²) in [6.07, 6.45) is 4.16. The largest absolute Gasteiger partial charge is 0.493 e. The number of ether oxygens (including phenoxy) is 1. The maximum absolute atomic E-state index is 11.9. The highest BCUT2D eigenvalue weighted by Crippen LogP contribution is 2.12. The first-order valence-electron chi connectivity index (χ1n) is 9.96. The lowest BCUT2D eigenvalue weighted by Gasteiger charge is -2.12. The van der Waals surface area contributed by atoms with Gasteiger partial charge in [-0.3, -0.25) is 19.3 Å². The highest BCUT2D eigenvalue weighted by molar-refractivity contribution is 6.60. The van der Waals surface area contributed by atoms with Crippen LogP contribution in [-0.2, 0) is 20.8 Å². The number of nitrogens with zero attached hydrogens (tertiary/aromatic N) is 2. The van der Waals surface area contributed by atoms with Crippen molar-refractivity contribution in [2.75, 3.05) is 13.2 Å². The Hall–Kier alpha value is -3.76. The molecule has 3 rings (SSSR count). The molecule has 164 valence electrons. The minimum absolute atomic E-state index is 0.0582. The monoisotopic (exact) mass is 435 g/mol. The molecule has 2 aromatic rings. The van der Waals surface area contributed by atoms with E-state index in [1.165, 1.54) is 12.3 Å². The first kappa shape index (κ1) is 22.9. The SMILES string of the molecule is O=C(CCN1C(=O)C=CC1=O)N/N=C/c1cc(OCCc2ccccc2)ccc1B(O)O. The Balaban J connectivity index is 1.55. The zero-order valence-electron chi connectivity index (χ0n) is 17.2. The van der Waals surface area contributed by atoms with E-state index < -0.39 is 24.8 Å². The molecule has 0 bridgehead atoms. The molecule has 0 aliphatic carbocycles. The molecule has 0 saturated carbocycles. The first-order chi connectivity index (χ1) is 15.4. The molecule has 0 fully saturated rings. The second kappa shape index (κ2) is 11.0. The molecule has 0 saturated heterocycles. The van der Waals surface area contributed by atoms with Crippen LogP contribution in [0.4, 0.5) is 0 Å². The Morgan fingerprint density at radius 1 is 1.09 bits per heavy atom. The van der Waals surface area contributed by atoms with Crippen LogP contribution in [0.2, 0.25) is 0 Å². The Kier molecular flexibility index (Phi) is 7.90. The van der Waals surface area contributed by atoms with Gasteiger partial charge >= 0.3 is 7.12 Å². The molecule has 32 heavy (non-hydrogen) atoms. The third kappa shape index (κ3) is 6.37. The van der Waals surface area contributed by atoms with Crippen LogP contribution < -0.4 is 15.6 Å². The summed E-state index contributed by atoms with van der Waals surface area (Å²) < 4.78 is 5.74. The molecule has 2 aromatic carbocycles. The first-order valence-corrected chi connectivity index (χ1v) is 9.96. The number of benzene rings is 2. The second-order valence-corrected chi connectivity index (χ2v) is 6.95. The van der Waals surface area contributed by atoms with Gasteiger partial charge in [0.05, 0.1) is 12.8 Å². The van der Waals surface area contributed by atoms with Gasteiger partial charge < -0.3 is 14.8 Å². The van der Waals surface area contributed by atoms with Gasteiger partial charge in [-0.15, -0.1) is 0 Å². The van der Waals surface area contributed by atoms with Gasteiger partial charge in [-0.25, -0.2) is 5.43 Å². The van der Waals surface area contributed by atoms with E-state index in [2.05, 4.69) is 10.5 Å². The molecule has 0 aromatic heterocycles. The molecular formula is C22H22BN3O6. The van der Waals surface area contributed by atoms with E-state index in [-0.39, 0.29) is 18.4 Å². The number of rotatable bonds is 10. The highest BCUT2D eigenvalue weighted by atomic mass is 16.5. The van der Waals surface area contributed by atoms with Crippen LogP contribution in [0.3, 0.4) is 0 Å². The second-order valence-electron chi connectivity index (χ2n) is 6.95. The van der Waals surface area contributed by atoms with Crippen LogP contribution in [0.15, 0.2) is 65.8 Å². The Morgan fingerprint density at radius 3 is 2.50 bits per heavy atom. The van der Waals surface area contributed by atoms with Gasteiger partial charge in [0.2, 0.25) is 5.91 Å². The molecular weight excluding hydrogens is 413 g/mol. The van der Waals surface area contributed by atoms with Crippen LogP contribution in [0.1, 0.15) is 17.5 Å². The molecule has 0 spiro atoms. The predicted octanol–water partition coefficient (Wildman–Crippen LogP) is -0.247. The van der Waals surface area contributed by atoms with Crippen molar-refractivity contribution < 1.29 is 29.2 Å². The van der Waals surface area contributed by atoms with E-state index in [1.54, 1.807) is 12.1 Å². The maximum Gasteiger partial charge on any atom is 0.489 e. The summed E-state index contributed by atoms with van der Waals surface area (Å²) in [6.45, 7) is 0.374. The van der Waals surface area contributed by atoms with Crippen LogP contribution in [0, 0.1) is 0 Å². The quantitative estimate of drug-likeness (QED) is 0.204. The number of carbonyl (C=O) groups is 3. The van der Waals surface area contributed by atoms with Crippen molar-refractivity contribution >= 4 is 36.5 Å². The molecule has 10 heteroatoms. The third-order valence-corrected chi connectivity index (χ3v) is 4.69. The smallest absolute Gasteiger partial charge is 0.489 e. The van der Waals surface area contributed by atoms with E-state index >= 15 is 0 Å². The zero-order valence-corrected chi connectivity index (χ0v) is 17.2. The molecule has 1 aliphatic rings. The average Bonchev–Trinajstić information content (AvgIpc) is 3.10. The Labute approximate surface area is 185 Å². The molecule has 3 amide bonds. The summed E-state index contributed by atoms with van der Waals surface area (Å²) in [5.74, 6) is -0.916. The molecule has 0 unspecified atom stereocenters. The number of amides is 3. The minimum atomic E-state index is -1.73. The molecule has 1 heterocycles. The topological polar surface area (TPSA) is 129 Å². The lowest BCUT2D eigenvalue weighted by molar-refractivity contribution is -0.137. The highest BCUT2D eigenvalue weighted by Gasteiger charge is 2.23. The summed E-state index contributed by atoms with van der Waals surface area (Å²) in [5, 5.41) is 23.0. The number of nitrogens with one attached hydrogen (secondary N) is 1. The molecule has 3 N–H and O–H groups in total. The number of carbonyl (C=O) groups excluding carboxylic acids is 3. The minimum Gasteiger partial charge on any atom is -0.493 e. The van der Waals surface area contributed by atoms with Crippen LogP contribution >= 0.6 is 0 Å². The van der Waals surface area contributed by atoms with Crippen LogP contribution in [-0.4, -0.2) is 59.2 Å². The van der Waals surface area contributed by atoms with Gasteiger partial charge in [0, 0.05) is 31.5 Å². The van der Waals surface area contributed by atoms with Gasteiger partial charge in [-0.05, 0) is 28.7 Å². The average molecular weight is 435 g/mol. The van der Waals surface area contributed by atoms with Crippen molar-refractivity contribution in [2.24, 2.45) is 5.10 Å². The van der Waals surface area contributed by atoms with Crippen molar-refractivity contribution in [3.63, 3.8) is 0 Å². The summed E-state index contributed by atoms with van der Waals surface area (Å²) in [4.78, 5) is 35.9. The van der Waals surface area contributed by atoms with Crippen LogP contribution in [0.25, 0.3) is 0 Å². The van der Waals surface area contributed by atoms with Gasteiger partial charge in [0.15, 0.2) is 0 Å². The fraction of sp³-hybridized carbons (Fsp3) is 0.182. The lowest BCUT2D eigenvalue weighted by Crippen LogP contribution is -2.34. The fourth-order valence-corrected chi connectivity index (χ4v) is 3.02. The van der Waals surface area contributed by atoms with Crippen molar-refractivity contribution in [1.82, 2.24) is 10.3 Å². The Bertz CT molecular complexity index is 1020. The van der Waals surface area contributed by atoms with Crippen molar-refractivity contribution in [2.45, 2.75) is 12.8 Å². The summed E-state index contributed by atoms with van der Waals surface area (Å²) >= 11 is 0. The normalized spacial score (nSPS) is 13.1. The van der Waals surface area contributed by atoms with Gasteiger partial charge in [0.1, 0.15) is 5.75 Å². The number of hydrazone groups is 1. The van der Waals surface area contributed by atoms with Gasteiger partial charge in [-0.2, -0.15) is 5.10 Å².